The number of nitrogens with zero attached hydrogens (tertiary/aromatic N) is 1. The molecular formula is C20H22F3N3O6S. The second kappa shape index (κ2) is 10.3. The molecule has 1 amide bonds. The summed E-state index contributed by atoms with van der Waals surface area (Å²) in [6.45, 7) is 0.513. The third-order valence-corrected chi connectivity index (χ3v) is 6.51. The molecule has 2 aromatic carbocycles. The predicted octanol–water partition coefficient (Wildman–Crippen LogP) is 2.67. The first-order valence-corrected chi connectivity index (χ1v) is 11.2. The van der Waals surface area contributed by atoms with Crippen molar-refractivity contribution in [2.45, 2.75) is 11.3 Å². The number of nitrogens with one attached hydrogen (secondary N) is 2. The van der Waals surface area contributed by atoms with Gasteiger partial charge in [0.2, 0.25) is 15.9 Å². The van der Waals surface area contributed by atoms with Crippen LogP contribution in [0.25, 0.3) is 0 Å². The molecule has 0 aromatic heterocycles. The van der Waals surface area contributed by atoms with Crippen LogP contribution >= 0.6 is 0 Å². The molecule has 9 nitrogen and oxygen atoms in total. The number of ether oxygens (including phenoxy) is 3. The number of amides is 1. The molecule has 1 saturated heterocycles. The summed E-state index contributed by atoms with van der Waals surface area (Å²) in [7, 11) is -2.57. The van der Waals surface area contributed by atoms with Crippen LogP contribution < -0.4 is 20.1 Å². The van der Waals surface area contributed by atoms with Crippen molar-refractivity contribution in [2.75, 3.05) is 50.6 Å². The van der Waals surface area contributed by atoms with Gasteiger partial charge in [0.1, 0.15) is 10.6 Å². The molecule has 0 atom stereocenters. The quantitative estimate of drug-likeness (QED) is 0.587. The fourth-order valence-electron chi connectivity index (χ4n) is 3.09. The maximum absolute atomic E-state index is 13.0. The average Bonchev–Trinajstić information content (AvgIpc) is 2.78. The first kappa shape index (κ1) is 24.6. The van der Waals surface area contributed by atoms with Gasteiger partial charge in [0.05, 0.1) is 32.6 Å². The highest BCUT2D eigenvalue weighted by Gasteiger charge is 2.32. The Bertz CT molecular complexity index is 1090. The minimum absolute atomic E-state index is 0.0321. The van der Waals surface area contributed by atoms with E-state index in [0.717, 1.165) is 6.07 Å². The maximum atomic E-state index is 13.0. The minimum atomic E-state index is -4.88. The number of rotatable bonds is 8. The van der Waals surface area contributed by atoms with Crippen LogP contribution in [0.3, 0.4) is 0 Å². The van der Waals surface area contributed by atoms with Crippen molar-refractivity contribution in [3.63, 3.8) is 0 Å². The Morgan fingerprint density at radius 3 is 2.48 bits per heavy atom. The van der Waals surface area contributed by atoms with Crippen LogP contribution in [-0.2, 0) is 19.6 Å². The van der Waals surface area contributed by atoms with Gasteiger partial charge in [-0.05, 0) is 30.3 Å². The molecule has 3 rings (SSSR count). The van der Waals surface area contributed by atoms with Crippen LogP contribution in [-0.4, -0.2) is 65.0 Å². The van der Waals surface area contributed by atoms with Crippen LogP contribution in [0.15, 0.2) is 47.4 Å². The van der Waals surface area contributed by atoms with Gasteiger partial charge in [-0.3, -0.25) is 4.79 Å². The molecule has 1 heterocycles. The van der Waals surface area contributed by atoms with Gasteiger partial charge in [-0.15, -0.1) is 13.2 Å². The normalized spacial score (nSPS) is 15.0. The molecule has 0 unspecified atom stereocenters. The number of morpholine rings is 1. The van der Waals surface area contributed by atoms with Crippen LogP contribution in [0.1, 0.15) is 0 Å². The minimum Gasteiger partial charge on any atom is -0.495 e. The van der Waals surface area contributed by atoms with Gasteiger partial charge in [-0.1, -0.05) is 12.1 Å². The summed E-state index contributed by atoms with van der Waals surface area (Å²) in [6.07, 6.45) is -4.88. The molecule has 180 valence electrons. The number of sulfonamides is 1. The summed E-state index contributed by atoms with van der Waals surface area (Å²) in [5.74, 6) is -0.992. The number of carbonyl (C=O) groups is 1. The Balaban J connectivity index is 1.72. The summed E-state index contributed by atoms with van der Waals surface area (Å²) >= 11 is 0. The lowest BCUT2D eigenvalue weighted by Gasteiger charge is -2.26. The SMILES string of the molecule is COc1ccc(NC(=O)CNc2ccccc2OC(F)(F)F)cc1S(=O)(=O)N1CCOCC1. The monoisotopic (exact) mass is 489 g/mol. The van der Waals surface area contributed by atoms with E-state index in [4.69, 9.17) is 9.47 Å². The Morgan fingerprint density at radius 2 is 1.82 bits per heavy atom. The molecule has 2 aromatic rings. The van der Waals surface area contributed by atoms with Crippen LogP contribution in [0, 0.1) is 0 Å². The molecule has 1 fully saturated rings. The molecule has 0 radical (unpaired) electrons. The van der Waals surface area contributed by atoms with Crippen molar-refractivity contribution in [1.82, 2.24) is 4.31 Å². The number of anilines is 2. The van der Waals surface area contributed by atoms with Crippen molar-refractivity contribution in [2.24, 2.45) is 0 Å². The standard InChI is InChI=1S/C20H22F3N3O6S/c1-30-17-7-6-14(12-18(17)33(28,29)26-8-10-31-11-9-26)25-19(27)13-24-15-4-2-3-5-16(15)32-20(21,22)23/h2-7,12,24H,8-11,13H2,1H3,(H,25,27). The fraction of sp³-hybridized carbons (Fsp3) is 0.350. The topological polar surface area (TPSA) is 106 Å². The molecule has 1 aliphatic rings. The number of alkyl halides is 3. The second-order valence-corrected chi connectivity index (χ2v) is 8.73. The molecule has 13 heteroatoms. The first-order valence-electron chi connectivity index (χ1n) is 9.74. The number of hydrogen-bond acceptors (Lipinski definition) is 7. The smallest absolute Gasteiger partial charge is 0.495 e. The van der Waals surface area contributed by atoms with Gasteiger partial charge >= 0.3 is 6.36 Å². The Morgan fingerprint density at radius 1 is 1.12 bits per heavy atom. The van der Waals surface area contributed by atoms with Crippen molar-refractivity contribution >= 4 is 27.3 Å². The molecule has 0 spiro atoms. The second-order valence-electron chi connectivity index (χ2n) is 6.83. The van der Waals surface area contributed by atoms with Crippen LogP contribution in [0.5, 0.6) is 11.5 Å². The number of halogens is 3. The molecule has 2 N–H and O–H groups in total. The molecular weight excluding hydrogens is 467 g/mol. The molecule has 33 heavy (non-hydrogen) atoms. The summed E-state index contributed by atoms with van der Waals surface area (Å²) in [4.78, 5) is 12.2. The van der Waals surface area contributed by atoms with E-state index >= 15 is 0 Å². The third kappa shape index (κ3) is 6.49. The molecule has 1 aliphatic heterocycles. The zero-order valence-electron chi connectivity index (χ0n) is 17.5. The van der Waals surface area contributed by atoms with Gasteiger partial charge in [0.15, 0.2) is 5.75 Å². The van der Waals surface area contributed by atoms with Gasteiger partial charge in [-0.25, -0.2) is 8.42 Å². The lowest BCUT2D eigenvalue weighted by molar-refractivity contribution is -0.274. The third-order valence-electron chi connectivity index (χ3n) is 4.59. The fourth-order valence-corrected chi connectivity index (χ4v) is 4.68. The zero-order chi connectivity index (χ0) is 24.1. The van der Waals surface area contributed by atoms with E-state index in [1.54, 1.807) is 0 Å². The van der Waals surface area contributed by atoms with Gasteiger partial charge in [-0.2, -0.15) is 4.31 Å². The average molecular weight is 489 g/mol. The van der Waals surface area contributed by atoms with E-state index in [-0.39, 0.29) is 48.3 Å². The summed E-state index contributed by atoms with van der Waals surface area (Å²) in [5.41, 5.74) is 0.143. The van der Waals surface area contributed by atoms with Crippen molar-refractivity contribution < 1.29 is 40.6 Å². The lowest BCUT2D eigenvalue weighted by atomic mass is 10.3. The highest BCUT2D eigenvalue weighted by Crippen LogP contribution is 2.31. The van der Waals surface area contributed by atoms with Crippen molar-refractivity contribution in [3.05, 3.63) is 42.5 Å². The summed E-state index contributed by atoms with van der Waals surface area (Å²) in [6, 6.07) is 9.41. The van der Waals surface area contributed by atoms with Crippen molar-refractivity contribution in [1.29, 1.82) is 0 Å². The largest absolute Gasteiger partial charge is 0.573 e. The molecule has 0 aliphatic carbocycles. The summed E-state index contributed by atoms with van der Waals surface area (Å²) in [5, 5.41) is 5.09. The van der Waals surface area contributed by atoms with Crippen molar-refractivity contribution in [3.8, 4) is 11.5 Å². The van der Waals surface area contributed by atoms with E-state index in [0.29, 0.717) is 0 Å². The van der Waals surface area contributed by atoms with E-state index in [9.17, 15) is 26.4 Å². The maximum Gasteiger partial charge on any atom is 0.573 e. The number of hydrogen-bond donors (Lipinski definition) is 2. The summed E-state index contributed by atoms with van der Waals surface area (Å²) < 4.78 is 79.2. The number of para-hydroxylation sites is 2. The number of carbonyl (C=O) groups excluding carboxylic acids is 1. The predicted molar refractivity (Wildman–Crippen MR) is 113 cm³/mol. The van der Waals surface area contributed by atoms with Crippen LogP contribution in [0.4, 0.5) is 24.5 Å². The Kier molecular flexibility index (Phi) is 7.66. The van der Waals surface area contributed by atoms with E-state index in [1.807, 2.05) is 0 Å². The van der Waals surface area contributed by atoms with E-state index < -0.39 is 34.6 Å². The highest BCUT2D eigenvalue weighted by atomic mass is 32.2. The number of benzene rings is 2. The number of methoxy groups -OCH3 is 1. The molecule has 0 bridgehead atoms. The lowest BCUT2D eigenvalue weighted by Crippen LogP contribution is -2.40. The Labute approximate surface area is 188 Å². The van der Waals surface area contributed by atoms with E-state index in [2.05, 4.69) is 15.4 Å². The van der Waals surface area contributed by atoms with Crippen LogP contribution in [0.2, 0.25) is 0 Å². The van der Waals surface area contributed by atoms with Gasteiger partial charge in [0, 0.05) is 18.8 Å². The van der Waals surface area contributed by atoms with E-state index in [1.165, 1.54) is 47.8 Å². The van der Waals surface area contributed by atoms with Gasteiger partial charge < -0.3 is 24.8 Å². The first-order chi connectivity index (χ1) is 15.6. The van der Waals surface area contributed by atoms with Gasteiger partial charge in [0.25, 0.3) is 0 Å². The Hall–Kier alpha value is -3.03. The molecule has 0 saturated carbocycles. The highest BCUT2D eigenvalue weighted by molar-refractivity contribution is 7.89. The zero-order valence-corrected chi connectivity index (χ0v) is 18.3.